The van der Waals surface area contributed by atoms with Crippen molar-refractivity contribution in [1.29, 1.82) is 0 Å². The lowest BCUT2D eigenvalue weighted by molar-refractivity contribution is -0.143. The zero-order valence-electron chi connectivity index (χ0n) is 9.16. The van der Waals surface area contributed by atoms with E-state index in [4.69, 9.17) is 4.74 Å². The van der Waals surface area contributed by atoms with Gasteiger partial charge in [0, 0.05) is 6.42 Å². The Kier molecular flexibility index (Phi) is 3.35. The molecule has 0 bridgehead atoms. The number of rotatable bonds is 3. The third-order valence-corrected chi connectivity index (χ3v) is 2.94. The molecule has 0 amide bonds. The van der Waals surface area contributed by atoms with Crippen molar-refractivity contribution in [1.82, 2.24) is 0 Å². The Balaban J connectivity index is 2.54. The van der Waals surface area contributed by atoms with Crippen molar-refractivity contribution < 1.29 is 14.9 Å². The van der Waals surface area contributed by atoms with Crippen LogP contribution >= 0.6 is 0 Å². The Morgan fingerprint density at radius 1 is 1.29 bits per heavy atom. The Morgan fingerprint density at radius 3 is 2.36 bits per heavy atom. The van der Waals surface area contributed by atoms with Crippen LogP contribution in [0.4, 0.5) is 0 Å². The van der Waals surface area contributed by atoms with Gasteiger partial charge in [-0.2, -0.15) is 0 Å². The van der Waals surface area contributed by atoms with Gasteiger partial charge in [0.2, 0.25) is 0 Å². The smallest absolute Gasteiger partial charge is 0.0924 e. The minimum absolute atomic E-state index is 0.0152. The van der Waals surface area contributed by atoms with E-state index in [0.717, 1.165) is 6.42 Å². The predicted molar refractivity (Wildman–Crippen MR) is 55.0 cm³/mol. The van der Waals surface area contributed by atoms with Gasteiger partial charge in [0.1, 0.15) is 0 Å². The second-order valence-electron chi connectivity index (χ2n) is 4.70. The van der Waals surface area contributed by atoms with E-state index in [0.29, 0.717) is 13.0 Å². The van der Waals surface area contributed by atoms with Crippen molar-refractivity contribution in [3.05, 3.63) is 12.2 Å². The van der Waals surface area contributed by atoms with Crippen molar-refractivity contribution in [2.24, 2.45) is 0 Å². The molecule has 2 atom stereocenters. The van der Waals surface area contributed by atoms with Gasteiger partial charge in [-0.15, -0.1) is 0 Å². The van der Waals surface area contributed by atoms with Crippen LogP contribution in [0.5, 0.6) is 0 Å². The molecule has 3 nitrogen and oxygen atoms in total. The first-order valence-corrected chi connectivity index (χ1v) is 5.04. The Hall–Kier alpha value is -0.380. The lowest BCUT2D eigenvalue weighted by atomic mass is 9.82. The highest BCUT2D eigenvalue weighted by molar-refractivity contribution is 4.96. The van der Waals surface area contributed by atoms with Gasteiger partial charge in [0.25, 0.3) is 0 Å². The standard InChI is InChI=1S/C11H20O3/c1-10(2,12)11(3,13)8-9-6-4-5-7-14-9/h4-5,9,12-13H,6-8H2,1-3H3. The highest BCUT2D eigenvalue weighted by Crippen LogP contribution is 2.28. The molecule has 1 heterocycles. The molecular weight excluding hydrogens is 180 g/mol. The summed E-state index contributed by atoms with van der Waals surface area (Å²) < 4.78 is 5.45. The fourth-order valence-corrected chi connectivity index (χ4v) is 1.41. The summed E-state index contributed by atoms with van der Waals surface area (Å²) in [5.74, 6) is 0. The summed E-state index contributed by atoms with van der Waals surface area (Å²) in [6.45, 7) is 5.48. The van der Waals surface area contributed by atoms with Crippen LogP contribution in [0, 0.1) is 0 Å². The molecule has 2 N–H and O–H groups in total. The fourth-order valence-electron chi connectivity index (χ4n) is 1.41. The number of hydrogen-bond acceptors (Lipinski definition) is 3. The maximum absolute atomic E-state index is 10.0. The van der Waals surface area contributed by atoms with Crippen LogP contribution in [0.3, 0.4) is 0 Å². The topological polar surface area (TPSA) is 49.7 Å². The van der Waals surface area contributed by atoms with E-state index < -0.39 is 11.2 Å². The number of ether oxygens (including phenoxy) is 1. The van der Waals surface area contributed by atoms with Gasteiger partial charge < -0.3 is 14.9 Å². The van der Waals surface area contributed by atoms with Crippen LogP contribution in [0.15, 0.2) is 12.2 Å². The highest BCUT2D eigenvalue weighted by Gasteiger charge is 2.39. The summed E-state index contributed by atoms with van der Waals surface area (Å²) in [4.78, 5) is 0. The van der Waals surface area contributed by atoms with Crippen LogP contribution < -0.4 is 0 Å². The molecule has 0 saturated heterocycles. The third-order valence-electron chi connectivity index (χ3n) is 2.94. The van der Waals surface area contributed by atoms with E-state index in [2.05, 4.69) is 6.08 Å². The SMILES string of the molecule is CC(C)(O)C(C)(O)CC1CC=CCO1. The molecule has 82 valence electrons. The fraction of sp³-hybridized carbons (Fsp3) is 0.818. The molecule has 0 aromatic carbocycles. The molecule has 1 rings (SSSR count). The van der Waals surface area contributed by atoms with Gasteiger partial charge in [0.05, 0.1) is 23.9 Å². The normalized spacial score (nSPS) is 27.4. The second-order valence-corrected chi connectivity index (χ2v) is 4.70. The van der Waals surface area contributed by atoms with Crippen molar-refractivity contribution in [2.75, 3.05) is 6.61 Å². The molecular formula is C11H20O3. The van der Waals surface area contributed by atoms with E-state index in [1.165, 1.54) is 0 Å². The van der Waals surface area contributed by atoms with Gasteiger partial charge in [-0.05, 0) is 27.2 Å². The zero-order valence-corrected chi connectivity index (χ0v) is 9.16. The molecule has 0 aromatic heterocycles. The van der Waals surface area contributed by atoms with Crippen molar-refractivity contribution in [3.63, 3.8) is 0 Å². The minimum Gasteiger partial charge on any atom is -0.387 e. The number of aliphatic hydroxyl groups is 2. The molecule has 0 aromatic rings. The van der Waals surface area contributed by atoms with Crippen LogP contribution in [-0.4, -0.2) is 34.1 Å². The first kappa shape index (κ1) is 11.7. The summed E-state index contributed by atoms with van der Waals surface area (Å²) in [6, 6.07) is 0. The average molecular weight is 200 g/mol. The van der Waals surface area contributed by atoms with Crippen molar-refractivity contribution in [3.8, 4) is 0 Å². The Labute approximate surface area is 85.4 Å². The van der Waals surface area contributed by atoms with Crippen LogP contribution in [0.2, 0.25) is 0 Å². The van der Waals surface area contributed by atoms with E-state index >= 15 is 0 Å². The third kappa shape index (κ3) is 2.80. The lowest BCUT2D eigenvalue weighted by Gasteiger charge is -2.38. The first-order chi connectivity index (χ1) is 6.33. The lowest BCUT2D eigenvalue weighted by Crippen LogP contribution is -2.50. The van der Waals surface area contributed by atoms with Gasteiger partial charge in [-0.3, -0.25) is 0 Å². The molecule has 1 aliphatic heterocycles. The molecule has 0 saturated carbocycles. The minimum atomic E-state index is -1.11. The predicted octanol–water partition coefficient (Wildman–Crippen LogP) is 1.24. The maximum Gasteiger partial charge on any atom is 0.0924 e. The summed E-state index contributed by atoms with van der Waals surface area (Å²) in [5, 5.41) is 19.8. The monoisotopic (exact) mass is 200 g/mol. The van der Waals surface area contributed by atoms with Gasteiger partial charge in [0.15, 0.2) is 0 Å². The van der Waals surface area contributed by atoms with E-state index in [1.807, 2.05) is 6.08 Å². The molecule has 3 heteroatoms. The van der Waals surface area contributed by atoms with Crippen molar-refractivity contribution in [2.45, 2.75) is 50.9 Å². The van der Waals surface area contributed by atoms with Crippen LogP contribution in [0.25, 0.3) is 0 Å². The molecule has 0 spiro atoms. The quantitative estimate of drug-likeness (QED) is 0.674. The number of hydrogen-bond donors (Lipinski definition) is 2. The molecule has 1 aliphatic rings. The molecule has 14 heavy (non-hydrogen) atoms. The van der Waals surface area contributed by atoms with Crippen LogP contribution in [-0.2, 0) is 4.74 Å². The van der Waals surface area contributed by atoms with Gasteiger partial charge >= 0.3 is 0 Å². The summed E-state index contributed by atoms with van der Waals surface area (Å²) in [6.07, 6.45) is 5.30. The highest BCUT2D eigenvalue weighted by atomic mass is 16.5. The van der Waals surface area contributed by atoms with E-state index in [9.17, 15) is 10.2 Å². The molecule has 0 aliphatic carbocycles. The summed E-state index contributed by atoms with van der Waals surface area (Å²) in [5.41, 5.74) is -2.21. The van der Waals surface area contributed by atoms with E-state index in [-0.39, 0.29) is 6.10 Å². The van der Waals surface area contributed by atoms with Crippen molar-refractivity contribution >= 4 is 0 Å². The van der Waals surface area contributed by atoms with Gasteiger partial charge in [-0.25, -0.2) is 0 Å². The second kappa shape index (κ2) is 4.01. The van der Waals surface area contributed by atoms with E-state index in [1.54, 1.807) is 20.8 Å². The maximum atomic E-state index is 10.0. The molecule has 0 radical (unpaired) electrons. The average Bonchev–Trinajstić information content (AvgIpc) is 2.03. The molecule has 0 fully saturated rings. The van der Waals surface area contributed by atoms with Gasteiger partial charge in [-0.1, -0.05) is 12.2 Å². The van der Waals surface area contributed by atoms with Crippen LogP contribution in [0.1, 0.15) is 33.6 Å². The first-order valence-electron chi connectivity index (χ1n) is 5.04. The summed E-state index contributed by atoms with van der Waals surface area (Å²) >= 11 is 0. The summed E-state index contributed by atoms with van der Waals surface area (Å²) in [7, 11) is 0. The zero-order chi connectivity index (χ0) is 10.8. The molecule has 2 unspecified atom stereocenters. The Bertz CT molecular complexity index is 213. The Morgan fingerprint density at radius 2 is 1.93 bits per heavy atom. The largest absolute Gasteiger partial charge is 0.387 e.